The number of nitrogens with one attached hydrogen (secondary N) is 1. The summed E-state index contributed by atoms with van der Waals surface area (Å²) in [6.45, 7) is 7.05. The molecule has 0 radical (unpaired) electrons. The molecule has 1 aliphatic heterocycles. The van der Waals surface area contributed by atoms with Gasteiger partial charge in [-0.25, -0.2) is 8.42 Å². The smallest absolute Gasteiger partial charge is 0.214 e. The van der Waals surface area contributed by atoms with E-state index in [0.717, 1.165) is 13.1 Å². The first-order valence-electron chi connectivity index (χ1n) is 5.86. The minimum Gasteiger partial charge on any atom is -0.376 e. The molecule has 6 heteroatoms. The van der Waals surface area contributed by atoms with Crippen molar-refractivity contribution in [2.24, 2.45) is 0 Å². The van der Waals surface area contributed by atoms with E-state index in [4.69, 9.17) is 4.74 Å². The summed E-state index contributed by atoms with van der Waals surface area (Å²) in [7, 11) is -3.08. The highest BCUT2D eigenvalue weighted by atomic mass is 32.2. The third-order valence-corrected chi connectivity index (χ3v) is 4.53. The molecule has 0 aromatic carbocycles. The van der Waals surface area contributed by atoms with Gasteiger partial charge in [0.05, 0.1) is 18.5 Å². The molecule has 1 heterocycles. The molecule has 1 unspecified atom stereocenters. The SMILES string of the molecule is CCNCCCS(=O)(=O)N1CCOC(C)C1. The zero-order chi connectivity index (χ0) is 12.0. The van der Waals surface area contributed by atoms with Crippen LogP contribution in [0.5, 0.6) is 0 Å². The molecule has 0 aliphatic carbocycles. The lowest BCUT2D eigenvalue weighted by molar-refractivity contribution is 0.0102. The Morgan fingerprint density at radius 3 is 2.88 bits per heavy atom. The van der Waals surface area contributed by atoms with Crippen molar-refractivity contribution in [3.8, 4) is 0 Å². The molecule has 0 aromatic rings. The van der Waals surface area contributed by atoms with Crippen molar-refractivity contribution < 1.29 is 13.2 Å². The molecule has 5 nitrogen and oxygen atoms in total. The first-order chi connectivity index (χ1) is 7.56. The molecule has 1 rings (SSSR count). The number of sulfonamides is 1. The van der Waals surface area contributed by atoms with E-state index in [1.165, 1.54) is 0 Å². The summed E-state index contributed by atoms with van der Waals surface area (Å²) < 4.78 is 30.8. The molecule has 1 saturated heterocycles. The van der Waals surface area contributed by atoms with Crippen LogP contribution in [0.15, 0.2) is 0 Å². The van der Waals surface area contributed by atoms with Gasteiger partial charge in [0.15, 0.2) is 0 Å². The van der Waals surface area contributed by atoms with Gasteiger partial charge in [0, 0.05) is 13.1 Å². The van der Waals surface area contributed by atoms with Gasteiger partial charge < -0.3 is 10.1 Å². The van der Waals surface area contributed by atoms with E-state index in [0.29, 0.717) is 26.1 Å². The van der Waals surface area contributed by atoms with Crippen LogP contribution in [-0.4, -0.2) is 57.4 Å². The topological polar surface area (TPSA) is 58.6 Å². The maximum absolute atomic E-state index is 11.9. The van der Waals surface area contributed by atoms with Gasteiger partial charge in [-0.15, -0.1) is 0 Å². The lowest BCUT2D eigenvalue weighted by Gasteiger charge is -2.30. The third kappa shape index (κ3) is 4.37. The molecule has 0 aromatic heterocycles. The molecular weight excluding hydrogens is 228 g/mol. The van der Waals surface area contributed by atoms with Crippen LogP contribution in [0.2, 0.25) is 0 Å². The number of ether oxygens (including phenoxy) is 1. The van der Waals surface area contributed by atoms with Crippen molar-refractivity contribution in [2.75, 3.05) is 38.5 Å². The molecule has 1 N–H and O–H groups in total. The Bertz CT molecular complexity index is 292. The average molecular weight is 250 g/mol. The maximum Gasteiger partial charge on any atom is 0.214 e. The van der Waals surface area contributed by atoms with Gasteiger partial charge in [-0.05, 0) is 26.4 Å². The van der Waals surface area contributed by atoms with Crippen molar-refractivity contribution in [3.63, 3.8) is 0 Å². The fraction of sp³-hybridized carbons (Fsp3) is 1.00. The van der Waals surface area contributed by atoms with Gasteiger partial charge in [0.25, 0.3) is 0 Å². The van der Waals surface area contributed by atoms with E-state index in [2.05, 4.69) is 5.32 Å². The molecular formula is C10H22N2O3S. The summed E-state index contributed by atoms with van der Waals surface area (Å²) in [5, 5.41) is 3.12. The Morgan fingerprint density at radius 2 is 2.25 bits per heavy atom. The van der Waals surface area contributed by atoms with Crippen LogP contribution in [0.25, 0.3) is 0 Å². The van der Waals surface area contributed by atoms with Crippen molar-refractivity contribution in [2.45, 2.75) is 26.4 Å². The molecule has 1 atom stereocenters. The maximum atomic E-state index is 11.9. The zero-order valence-corrected chi connectivity index (χ0v) is 10.9. The molecule has 0 amide bonds. The lowest BCUT2D eigenvalue weighted by atomic mass is 10.3. The van der Waals surface area contributed by atoms with E-state index in [-0.39, 0.29) is 11.9 Å². The largest absolute Gasteiger partial charge is 0.376 e. The van der Waals surface area contributed by atoms with Gasteiger partial charge in [-0.2, -0.15) is 4.31 Å². The summed E-state index contributed by atoms with van der Waals surface area (Å²) in [5.74, 6) is 0.229. The fourth-order valence-electron chi connectivity index (χ4n) is 1.72. The first-order valence-corrected chi connectivity index (χ1v) is 7.47. The number of nitrogens with zero attached hydrogens (tertiary/aromatic N) is 1. The normalized spacial score (nSPS) is 23.5. The second kappa shape index (κ2) is 6.54. The van der Waals surface area contributed by atoms with E-state index in [9.17, 15) is 8.42 Å². The highest BCUT2D eigenvalue weighted by Crippen LogP contribution is 2.10. The van der Waals surface area contributed by atoms with Gasteiger partial charge in [0.1, 0.15) is 0 Å². The van der Waals surface area contributed by atoms with E-state index < -0.39 is 10.0 Å². The standard InChI is InChI=1S/C10H22N2O3S/c1-3-11-5-4-8-16(13,14)12-6-7-15-10(2)9-12/h10-11H,3-9H2,1-2H3. The van der Waals surface area contributed by atoms with E-state index in [1.54, 1.807) is 4.31 Å². The number of hydrogen-bond acceptors (Lipinski definition) is 4. The number of rotatable bonds is 6. The summed E-state index contributed by atoms with van der Waals surface area (Å²) in [5.41, 5.74) is 0. The van der Waals surface area contributed by atoms with Crippen molar-refractivity contribution in [3.05, 3.63) is 0 Å². The van der Waals surface area contributed by atoms with Crippen molar-refractivity contribution >= 4 is 10.0 Å². The van der Waals surface area contributed by atoms with Gasteiger partial charge in [-0.1, -0.05) is 6.92 Å². The molecule has 0 saturated carbocycles. The Balaban J connectivity index is 2.37. The Morgan fingerprint density at radius 1 is 1.50 bits per heavy atom. The second-order valence-corrected chi connectivity index (χ2v) is 6.15. The molecule has 96 valence electrons. The van der Waals surface area contributed by atoms with Crippen LogP contribution in [0, 0.1) is 0 Å². The summed E-state index contributed by atoms with van der Waals surface area (Å²) in [4.78, 5) is 0. The predicted molar refractivity (Wildman–Crippen MR) is 63.9 cm³/mol. The van der Waals surface area contributed by atoms with Crippen LogP contribution in [0.1, 0.15) is 20.3 Å². The first kappa shape index (κ1) is 13.9. The minimum absolute atomic E-state index is 0.0114. The molecule has 16 heavy (non-hydrogen) atoms. The molecule has 0 bridgehead atoms. The monoisotopic (exact) mass is 250 g/mol. The molecule has 1 aliphatic rings. The summed E-state index contributed by atoms with van der Waals surface area (Å²) in [6, 6.07) is 0. The average Bonchev–Trinajstić information content (AvgIpc) is 2.24. The number of hydrogen-bond donors (Lipinski definition) is 1. The van der Waals surface area contributed by atoms with Gasteiger partial charge >= 0.3 is 0 Å². The van der Waals surface area contributed by atoms with Gasteiger partial charge in [0.2, 0.25) is 10.0 Å². The van der Waals surface area contributed by atoms with E-state index >= 15 is 0 Å². The van der Waals surface area contributed by atoms with Crippen LogP contribution in [-0.2, 0) is 14.8 Å². The summed E-state index contributed by atoms with van der Waals surface area (Å²) >= 11 is 0. The Labute approximate surface area is 98.2 Å². The Kier molecular flexibility index (Phi) is 5.68. The summed E-state index contributed by atoms with van der Waals surface area (Å²) in [6.07, 6.45) is 0.680. The van der Waals surface area contributed by atoms with Crippen LogP contribution in [0.3, 0.4) is 0 Å². The molecule has 0 spiro atoms. The highest BCUT2D eigenvalue weighted by molar-refractivity contribution is 7.89. The van der Waals surface area contributed by atoms with Crippen LogP contribution < -0.4 is 5.32 Å². The zero-order valence-electron chi connectivity index (χ0n) is 10.1. The molecule has 1 fully saturated rings. The number of morpholine rings is 1. The van der Waals surface area contributed by atoms with E-state index in [1.807, 2.05) is 13.8 Å². The lowest BCUT2D eigenvalue weighted by Crippen LogP contribution is -2.45. The minimum atomic E-state index is -3.08. The van der Waals surface area contributed by atoms with Crippen LogP contribution >= 0.6 is 0 Å². The Hall–Kier alpha value is -0.170. The van der Waals surface area contributed by atoms with Crippen molar-refractivity contribution in [1.82, 2.24) is 9.62 Å². The fourth-order valence-corrected chi connectivity index (χ4v) is 3.28. The predicted octanol–water partition coefficient (Wildman–Crippen LogP) is 0.0365. The van der Waals surface area contributed by atoms with Crippen LogP contribution in [0.4, 0.5) is 0 Å². The quantitative estimate of drug-likeness (QED) is 0.676. The highest BCUT2D eigenvalue weighted by Gasteiger charge is 2.26. The van der Waals surface area contributed by atoms with Gasteiger partial charge in [-0.3, -0.25) is 0 Å². The van der Waals surface area contributed by atoms with Crippen molar-refractivity contribution in [1.29, 1.82) is 0 Å². The second-order valence-electron chi connectivity index (χ2n) is 4.06. The third-order valence-electron chi connectivity index (χ3n) is 2.60.